The third kappa shape index (κ3) is 3.62. The Kier molecular flexibility index (Phi) is 6.64. The molecule has 1 heterocycles. The summed E-state index contributed by atoms with van der Waals surface area (Å²) in [5, 5.41) is -0.595. The first-order valence-corrected chi connectivity index (χ1v) is 10.4. The highest BCUT2D eigenvalue weighted by atomic mass is 28.4. The zero-order valence-corrected chi connectivity index (χ0v) is 15.8. The monoisotopic (exact) mass is 380 g/mol. The molecule has 0 saturated carbocycles. The summed E-state index contributed by atoms with van der Waals surface area (Å²) in [5.74, 6) is -6.28. The van der Waals surface area contributed by atoms with Crippen molar-refractivity contribution >= 4 is 8.56 Å². The maximum atomic E-state index is 13.8. The van der Waals surface area contributed by atoms with Crippen LogP contribution in [0.3, 0.4) is 0 Å². The van der Waals surface area contributed by atoms with E-state index in [1.54, 1.807) is 21.3 Å². The Hall–Kier alpha value is -0.963. The van der Waals surface area contributed by atoms with Crippen molar-refractivity contribution in [3.63, 3.8) is 0 Å². The quantitative estimate of drug-likeness (QED) is 0.304. The standard InChI is InChI=1S/C17H24F4O3Si/c1-22-17(8-4-5-10-25(17,23-2)24-3)9-6-7-12-11-13(18)15(20)16(21)14(12)19/h11H,4-10H2,1-3H3. The fourth-order valence-corrected chi connectivity index (χ4v) is 7.81. The molecule has 0 aliphatic carbocycles. The molecule has 1 fully saturated rings. The molecule has 1 saturated heterocycles. The summed E-state index contributed by atoms with van der Waals surface area (Å²) in [4.78, 5) is 0. The predicted molar refractivity (Wildman–Crippen MR) is 87.4 cm³/mol. The van der Waals surface area contributed by atoms with E-state index in [2.05, 4.69) is 0 Å². The van der Waals surface area contributed by atoms with E-state index < -0.39 is 37.1 Å². The first-order valence-electron chi connectivity index (χ1n) is 8.33. The molecule has 142 valence electrons. The van der Waals surface area contributed by atoms with E-state index in [4.69, 9.17) is 13.6 Å². The molecule has 0 spiro atoms. The minimum absolute atomic E-state index is 0.0724. The Morgan fingerprint density at radius 2 is 1.68 bits per heavy atom. The van der Waals surface area contributed by atoms with Crippen LogP contribution < -0.4 is 0 Å². The van der Waals surface area contributed by atoms with Gasteiger partial charge in [0.2, 0.25) is 0 Å². The lowest BCUT2D eigenvalue weighted by atomic mass is 10.0. The van der Waals surface area contributed by atoms with Crippen LogP contribution in [0.15, 0.2) is 6.07 Å². The van der Waals surface area contributed by atoms with E-state index in [0.29, 0.717) is 18.9 Å². The van der Waals surface area contributed by atoms with E-state index in [1.807, 2.05) is 0 Å². The topological polar surface area (TPSA) is 27.7 Å². The van der Waals surface area contributed by atoms with Crippen LogP contribution >= 0.6 is 0 Å². The van der Waals surface area contributed by atoms with Gasteiger partial charge in [-0.3, -0.25) is 0 Å². The first kappa shape index (κ1) is 20.4. The summed E-state index contributed by atoms with van der Waals surface area (Å²) in [6, 6.07) is 1.51. The van der Waals surface area contributed by atoms with Gasteiger partial charge in [0.05, 0.1) is 0 Å². The Morgan fingerprint density at radius 1 is 1.00 bits per heavy atom. The summed E-state index contributed by atoms with van der Waals surface area (Å²) in [5.41, 5.74) is -0.180. The van der Waals surface area contributed by atoms with Gasteiger partial charge in [0.15, 0.2) is 23.3 Å². The highest BCUT2D eigenvalue weighted by molar-refractivity contribution is 6.70. The van der Waals surface area contributed by atoms with Crippen molar-refractivity contribution in [3.8, 4) is 0 Å². The average Bonchev–Trinajstić information content (AvgIpc) is 2.64. The molecule has 1 aromatic rings. The molecule has 1 unspecified atom stereocenters. The minimum Gasteiger partial charge on any atom is -0.396 e. The average molecular weight is 380 g/mol. The van der Waals surface area contributed by atoms with Crippen LogP contribution in [0.5, 0.6) is 0 Å². The lowest BCUT2D eigenvalue weighted by molar-refractivity contribution is -0.0157. The molecule has 1 aliphatic rings. The highest BCUT2D eigenvalue weighted by Crippen LogP contribution is 2.43. The molecule has 8 heteroatoms. The van der Waals surface area contributed by atoms with Crippen molar-refractivity contribution < 1.29 is 31.2 Å². The number of halogens is 4. The largest absolute Gasteiger partial charge is 0.396 e. The van der Waals surface area contributed by atoms with E-state index in [9.17, 15) is 17.6 Å². The highest BCUT2D eigenvalue weighted by Gasteiger charge is 2.58. The van der Waals surface area contributed by atoms with Gasteiger partial charge in [0, 0.05) is 21.3 Å². The summed E-state index contributed by atoms with van der Waals surface area (Å²) < 4.78 is 70.9. The molecule has 2 rings (SSSR count). The van der Waals surface area contributed by atoms with Gasteiger partial charge in [0.1, 0.15) is 5.22 Å². The molecule has 0 N–H and O–H groups in total. The minimum atomic E-state index is -2.62. The first-order chi connectivity index (χ1) is 11.9. The van der Waals surface area contributed by atoms with E-state index in [0.717, 1.165) is 25.3 Å². The molecular formula is C17H24F4O3Si. The van der Waals surface area contributed by atoms with E-state index >= 15 is 0 Å². The van der Waals surface area contributed by atoms with Crippen molar-refractivity contribution in [1.82, 2.24) is 0 Å². The Labute approximate surface area is 146 Å². The van der Waals surface area contributed by atoms with E-state index in [1.165, 1.54) is 0 Å². The third-order valence-electron chi connectivity index (χ3n) is 5.29. The van der Waals surface area contributed by atoms with Gasteiger partial charge in [-0.1, -0.05) is 12.8 Å². The summed E-state index contributed by atoms with van der Waals surface area (Å²) in [7, 11) is 2.20. The van der Waals surface area contributed by atoms with Crippen molar-refractivity contribution in [2.24, 2.45) is 0 Å². The zero-order valence-electron chi connectivity index (χ0n) is 14.8. The molecular weight excluding hydrogens is 356 g/mol. The molecule has 0 amide bonds. The van der Waals surface area contributed by atoms with Crippen molar-refractivity contribution in [2.45, 2.75) is 49.8 Å². The van der Waals surface area contributed by atoms with Crippen LogP contribution in [-0.2, 0) is 20.0 Å². The molecule has 1 atom stereocenters. The fraction of sp³-hybridized carbons (Fsp3) is 0.647. The zero-order chi connectivity index (χ0) is 18.7. The number of rotatable bonds is 7. The smallest absolute Gasteiger partial charge is 0.370 e. The van der Waals surface area contributed by atoms with Crippen LogP contribution in [-0.4, -0.2) is 35.1 Å². The molecule has 0 bridgehead atoms. The van der Waals surface area contributed by atoms with Crippen molar-refractivity contribution in [3.05, 3.63) is 34.9 Å². The van der Waals surface area contributed by atoms with Crippen LogP contribution in [0.1, 0.15) is 37.7 Å². The molecule has 0 radical (unpaired) electrons. The van der Waals surface area contributed by atoms with Gasteiger partial charge in [-0.2, -0.15) is 0 Å². The Bertz CT molecular complexity index is 610. The normalized spacial score (nSPS) is 23.0. The maximum absolute atomic E-state index is 13.8. The van der Waals surface area contributed by atoms with Gasteiger partial charge >= 0.3 is 8.56 Å². The molecule has 0 aromatic heterocycles. The van der Waals surface area contributed by atoms with Crippen LogP contribution in [0.25, 0.3) is 0 Å². The number of ether oxygens (including phenoxy) is 1. The van der Waals surface area contributed by atoms with Crippen LogP contribution in [0.2, 0.25) is 6.04 Å². The Balaban J connectivity index is 2.16. The van der Waals surface area contributed by atoms with Crippen LogP contribution in [0, 0.1) is 23.3 Å². The van der Waals surface area contributed by atoms with Crippen molar-refractivity contribution in [1.29, 1.82) is 0 Å². The number of hydrogen-bond donors (Lipinski definition) is 0. The predicted octanol–water partition coefficient (Wildman–Crippen LogP) is 4.41. The van der Waals surface area contributed by atoms with Gasteiger partial charge < -0.3 is 13.6 Å². The SMILES string of the molecule is COC1(CCCc2cc(F)c(F)c(F)c2F)CCCC[Si]1(OC)OC. The van der Waals surface area contributed by atoms with Crippen molar-refractivity contribution in [2.75, 3.05) is 21.3 Å². The number of benzene rings is 1. The second-order valence-corrected chi connectivity index (χ2v) is 10.1. The summed E-state index contributed by atoms with van der Waals surface area (Å²) >= 11 is 0. The maximum Gasteiger partial charge on any atom is 0.370 e. The number of aryl methyl sites for hydroxylation is 1. The lowest BCUT2D eigenvalue weighted by Crippen LogP contribution is -2.64. The van der Waals surface area contributed by atoms with E-state index in [-0.39, 0.29) is 12.0 Å². The number of hydrogen-bond acceptors (Lipinski definition) is 3. The summed E-state index contributed by atoms with van der Waals surface area (Å²) in [6.07, 6.45) is 3.70. The lowest BCUT2D eigenvalue weighted by Gasteiger charge is -2.48. The van der Waals surface area contributed by atoms with Gasteiger partial charge in [-0.05, 0) is 43.4 Å². The van der Waals surface area contributed by atoms with Gasteiger partial charge in [-0.25, -0.2) is 17.6 Å². The molecule has 3 nitrogen and oxygen atoms in total. The number of methoxy groups -OCH3 is 1. The molecule has 1 aromatic carbocycles. The third-order valence-corrected chi connectivity index (χ3v) is 9.71. The van der Waals surface area contributed by atoms with Gasteiger partial charge in [-0.15, -0.1) is 0 Å². The van der Waals surface area contributed by atoms with Gasteiger partial charge in [0.25, 0.3) is 0 Å². The van der Waals surface area contributed by atoms with Crippen LogP contribution in [0.4, 0.5) is 17.6 Å². The second-order valence-electron chi connectivity index (χ2n) is 6.38. The Morgan fingerprint density at radius 3 is 2.28 bits per heavy atom. The molecule has 25 heavy (non-hydrogen) atoms. The fourth-order valence-electron chi connectivity index (χ4n) is 3.89. The summed E-state index contributed by atoms with van der Waals surface area (Å²) in [6.45, 7) is 0. The second kappa shape index (κ2) is 8.16. The molecule has 1 aliphatic heterocycles.